The molecule has 2 rings (SSSR count). The number of hydrogen-bond donors (Lipinski definition) is 2. The highest BCUT2D eigenvalue weighted by Gasteiger charge is 2.21. The Kier molecular flexibility index (Phi) is 5.77. The lowest BCUT2D eigenvalue weighted by atomic mass is 9.88. The lowest BCUT2D eigenvalue weighted by molar-refractivity contribution is -0.120. The Balaban J connectivity index is 2.11. The number of anilines is 1. The van der Waals surface area contributed by atoms with Crippen LogP contribution in [0.15, 0.2) is 18.2 Å². The van der Waals surface area contributed by atoms with Gasteiger partial charge >= 0.3 is 0 Å². The van der Waals surface area contributed by atoms with Crippen LogP contribution in [0, 0.1) is 23.6 Å². The van der Waals surface area contributed by atoms with Crippen LogP contribution < -0.4 is 5.32 Å². The molecule has 1 aromatic carbocycles. The molecule has 0 aliphatic heterocycles. The molecular weight excluding hydrogens is 269 g/mol. The van der Waals surface area contributed by atoms with Crippen LogP contribution in [-0.4, -0.2) is 17.6 Å². The summed E-state index contributed by atoms with van der Waals surface area (Å²) < 4.78 is 13.3. The zero-order valence-electron chi connectivity index (χ0n) is 12.0. The van der Waals surface area contributed by atoms with Crippen molar-refractivity contribution in [1.29, 1.82) is 0 Å². The summed E-state index contributed by atoms with van der Waals surface area (Å²) in [5, 5.41) is 11.6. The summed E-state index contributed by atoms with van der Waals surface area (Å²) in [6.45, 7) is -0.0356. The Bertz CT molecular complexity index is 554. The van der Waals surface area contributed by atoms with Gasteiger partial charge in [0, 0.05) is 12.3 Å². The fourth-order valence-electron chi connectivity index (χ4n) is 2.54. The molecule has 0 bridgehead atoms. The molecular formula is C17H20FNO2. The van der Waals surface area contributed by atoms with E-state index in [-0.39, 0.29) is 24.2 Å². The Morgan fingerprint density at radius 3 is 2.81 bits per heavy atom. The molecule has 1 aromatic rings. The molecule has 4 heteroatoms. The minimum absolute atomic E-state index is 0.00786. The first-order valence-corrected chi connectivity index (χ1v) is 7.41. The number of benzene rings is 1. The predicted molar refractivity (Wildman–Crippen MR) is 80.2 cm³/mol. The van der Waals surface area contributed by atoms with Crippen molar-refractivity contribution in [3.05, 3.63) is 29.6 Å². The van der Waals surface area contributed by atoms with Gasteiger partial charge in [-0.05, 0) is 31.0 Å². The summed E-state index contributed by atoms with van der Waals surface area (Å²) in [7, 11) is 0. The van der Waals surface area contributed by atoms with Crippen molar-refractivity contribution in [2.45, 2.75) is 38.5 Å². The average molecular weight is 289 g/mol. The molecule has 1 fully saturated rings. The maximum atomic E-state index is 13.3. The molecule has 1 amide bonds. The Labute approximate surface area is 124 Å². The normalized spacial score (nSPS) is 15.1. The van der Waals surface area contributed by atoms with E-state index in [1.807, 2.05) is 0 Å². The van der Waals surface area contributed by atoms with Gasteiger partial charge in [0.1, 0.15) is 5.82 Å². The first-order chi connectivity index (χ1) is 10.2. The van der Waals surface area contributed by atoms with Crippen molar-refractivity contribution in [2.24, 2.45) is 5.92 Å². The first-order valence-electron chi connectivity index (χ1n) is 7.41. The summed E-state index contributed by atoms with van der Waals surface area (Å²) in [4.78, 5) is 12.2. The third kappa shape index (κ3) is 4.57. The highest BCUT2D eigenvalue weighted by molar-refractivity contribution is 5.93. The van der Waals surface area contributed by atoms with Gasteiger partial charge in [-0.2, -0.15) is 0 Å². The van der Waals surface area contributed by atoms with E-state index in [1.54, 1.807) is 6.07 Å². The molecule has 0 atom stereocenters. The van der Waals surface area contributed by atoms with Gasteiger partial charge in [0.05, 0.1) is 17.9 Å². The minimum atomic E-state index is -0.390. The van der Waals surface area contributed by atoms with Crippen LogP contribution in [0.1, 0.15) is 44.1 Å². The van der Waals surface area contributed by atoms with Gasteiger partial charge in [0.15, 0.2) is 0 Å². The summed E-state index contributed by atoms with van der Waals surface area (Å²) in [6, 6.07) is 4.16. The van der Waals surface area contributed by atoms with Gasteiger partial charge in [0.2, 0.25) is 5.91 Å². The fraction of sp³-hybridized carbons (Fsp3) is 0.471. The standard InChI is InChI=1S/C17H20FNO2/c18-15-9-10-16(14(12-15)8-4-5-11-20)19-17(21)13-6-2-1-3-7-13/h9-10,12-13,20H,1-3,5-7,11H2,(H,19,21). The van der Waals surface area contributed by atoms with Gasteiger partial charge < -0.3 is 10.4 Å². The molecule has 2 N–H and O–H groups in total. The van der Waals surface area contributed by atoms with Crippen LogP contribution in [0.4, 0.5) is 10.1 Å². The molecule has 0 spiro atoms. The average Bonchev–Trinajstić information content (AvgIpc) is 2.51. The molecule has 0 saturated heterocycles. The van der Waals surface area contributed by atoms with Crippen molar-refractivity contribution < 1.29 is 14.3 Å². The summed E-state index contributed by atoms with van der Waals surface area (Å²) in [5.41, 5.74) is 0.991. The number of rotatable bonds is 3. The number of aliphatic hydroxyl groups is 1. The lowest BCUT2D eigenvalue weighted by Gasteiger charge is -2.21. The molecule has 112 valence electrons. The van der Waals surface area contributed by atoms with Crippen molar-refractivity contribution in [3.8, 4) is 11.8 Å². The highest BCUT2D eigenvalue weighted by Crippen LogP contribution is 2.25. The smallest absolute Gasteiger partial charge is 0.227 e. The molecule has 1 saturated carbocycles. The van der Waals surface area contributed by atoms with Gasteiger partial charge in [-0.1, -0.05) is 31.1 Å². The number of aliphatic hydroxyl groups excluding tert-OH is 1. The zero-order chi connectivity index (χ0) is 15.1. The topological polar surface area (TPSA) is 49.3 Å². The maximum absolute atomic E-state index is 13.3. The Hall–Kier alpha value is -1.86. The summed E-state index contributed by atoms with van der Waals surface area (Å²) in [5.74, 6) is 5.20. The SMILES string of the molecule is O=C(Nc1ccc(F)cc1C#CCCO)C1CCCCC1. The molecule has 0 aromatic heterocycles. The summed E-state index contributed by atoms with van der Waals surface area (Å²) >= 11 is 0. The fourth-order valence-corrected chi connectivity index (χ4v) is 2.54. The molecule has 3 nitrogen and oxygen atoms in total. The van der Waals surface area contributed by atoms with E-state index >= 15 is 0 Å². The molecule has 0 heterocycles. The third-order valence-electron chi connectivity index (χ3n) is 3.68. The molecule has 1 aliphatic carbocycles. The Morgan fingerprint density at radius 2 is 2.10 bits per heavy atom. The van der Waals surface area contributed by atoms with E-state index in [2.05, 4.69) is 17.2 Å². The van der Waals surface area contributed by atoms with E-state index in [0.717, 1.165) is 25.7 Å². The minimum Gasteiger partial charge on any atom is -0.395 e. The van der Waals surface area contributed by atoms with E-state index in [9.17, 15) is 9.18 Å². The second kappa shape index (κ2) is 7.80. The number of amides is 1. The number of carbonyl (C=O) groups is 1. The van der Waals surface area contributed by atoms with E-state index in [1.165, 1.54) is 18.6 Å². The van der Waals surface area contributed by atoms with Gasteiger partial charge in [-0.25, -0.2) is 4.39 Å². The van der Waals surface area contributed by atoms with Gasteiger partial charge in [-0.15, -0.1) is 0 Å². The number of nitrogens with one attached hydrogen (secondary N) is 1. The molecule has 0 unspecified atom stereocenters. The molecule has 0 radical (unpaired) electrons. The van der Waals surface area contributed by atoms with Crippen LogP contribution in [0.2, 0.25) is 0 Å². The van der Waals surface area contributed by atoms with Crippen molar-refractivity contribution in [3.63, 3.8) is 0 Å². The number of halogens is 1. The van der Waals surface area contributed by atoms with Crippen LogP contribution in [-0.2, 0) is 4.79 Å². The zero-order valence-corrected chi connectivity index (χ0v) is 12.0. The van der Waals surface area contributed by atoms with Crippen molar-refractivity contribution >= 4 is 11.6 Å². The number of carbonyl (C=O) groups excluding carboxylic acids is 1. The van der Waals surface area contributed by atoms with Gasteiger partial charge in [0.25, 0.3) is 0 Å². The van der Waals surface area contributed by atoms with E-state index in [0.29, 0.717) is 17.7 Å². The van der Waals surface area contributed by atoms with Crippen LogP contribution >= 0.6 is 0 Å². The predicted octanol–water partition coefficient (Wildman–Crippen LogP) is 3.08. The summed E-state index contributed by atoms with van der Waals surface area (Å²) in [6.07, 6.45) is 5.52. The lowest BCUT2D eigenvalue weighted by Crippen LogP contribution is -2.25. The second-order valence-electron chi connectivity index (χ2n) is 5.29. The van der Waals surface area contributed by atoms with Crippen LogP contribution in [0.25, 0.3) is 0 Å². The van der Waals surface area contributed by atoms with Crippen molar-refractivity contribution in [1.82, 2.24) is 0 Å². The quantitative estimate of drug-likeness (QED) is 0.840. The molecule has 21 heavy (non-hydrogen) atoms. The van der Waals surface area contributed by atoms with E-state index < -0.39 is 0 Å². The third-order valence-corrected chi connectivity index (χ3v) is 3.68. The van der Waals surface area contributed by atoms with E-state index in [4.69, 9.17) is 5.11 Å². The highest BCUT2D eigenvalue weighted by atomic mass is 19.1. The van der Waals surface area contributed by atoms with Gasteiger partial charge in [-0.3, -0.25) is 4.79 Å². The largest absolute Gasteiger partial charge is 0.395 e. The van der Waals surface area contributed by atoms with Crippen LogP contribution in [0.5, 0.6) is 0 Å². The second-order valence-corrected chi connectivity index (χ2v) is 5.29. The maximum Gasteiger partial charge on any atom is 0.227 e. The number of hydrogen-bond acceptors (Lipinski definition) is 2. The van der Waals surface area contributed by atoms with Crippen molar-refractivity contribution in [2.75, 3.05) is 11.9 Å². The first kappa shape index (κ1) is 15.5. The van der Waals surface area contributed by atoms with Crippen LogP contribution in [0.3, 0.4) is 0 Å². The Morgan fingerprint density at radius 1 is 1.33 bits per heavy atom. The monoisotopic (exact) mass is 289 g/mol. The molecule has 1 aliphatic rings.